The topological polar surface area (TPSA) is 15.7 Å². The maximum atomic E-state index is 5.28. The molecule has 20 heavy (non-hydrogen) atoms. The van der Waals surface area contributed by atoms with Gasteiger partial charge in [0.25, 0.3) is 0 Å². The molecule has 3 fully saturated rings. The summed E-state index contributed by atoms with van der Waals surface area (Å²) >= 11 is 0. The van der Waals surface area contributed by atoms with Gasteiger partial charge in [-0.3, -0.25) is 0 Å². The number of morpholine rings is 1. The number of benzene rings is 1. The van der Waals surface area contributed by atoms with Crippen molar-refractivity contribution in [3.05, 3.63) is 30.3 Å². The highest BCUT2D eigenvalue weighted by Gasteiger charge is 2.44. The number of anilines is 1. The van der Waals surface area contributed by atoms with E-state index < -0.39 is 0 Å². The normalized spacial score (nSPS) is 28.6. The number of para-hydroxylation sites is 1. The van der Waals surface area contributed by atoms with Crippen molar-refractivity contribution in [2.75, 3.05) is 50.8 Å². The standard InChI is InChI=1S/C10H13NO.C7H13N/c1-2-4-10(5-3-1)11-6-8-12-9-7-11;1-2-8-4-6-3-7(6)5-8/h1-5H,6-9H2;6-7H,2-5H2,1H3. The van der Waals surface area contributed by atoms with Gasteiger partial charge in [-0.25, -0.2) is 0 Å². The fraction of sp³-hybridized carbons (Fsp3) is 0.647. The lowest BCUT2D eigenvalue weighted by Gasteiger charge is -2.28. The van der Waals surface area contributed by atoms with Gasteiger partial charge in [-0.05, 0) is 36.9 Å². The molecule has 0 aromatic heterocycles. The predicted molar refractivity (Wildman–Crippen MR) is 83.2 cm³/mol. The summed E-state index contributed by atoms with van der Waals surface area (Å²) < 4.78 is 5.28. The van der Waals surface area contributed by atoms with Crippen LogP contribution >= 0.6 is 0 Å². The Labute approximate surface area is 122 Å². The average Bonchev–Trinajstić information content (AvgIpc) is 3.16. The summed E-state index contributed by atoms with van der Waals surface area (Å²) in [5, 5.41) is 0. The highest BCUT2D eigenvalue weighted by atomic mass is 16.5. The minimum absolute atomic E-state index is 0.856. The first kappa shape index (κ1) is 13.9. The van der Waals surface area contributed by atoms with Crippen molar-refractivity contribution in [3.63, 3.8) is 0 Å². The highest BCUT2D eigenvalue weighted by Crippen LogP contribution is 2.44. The van der Waals surface area contributed by atoms with Crippen LogP contribution < -0.4 is 4.90 Å². The molecule has 2 saturated heterocycles. The molecule has 2 atom stereocenters. The molecule has 1 saturated carbocycles. The van der Waals surface area contributed by atoms with Crippen LogP contribution in [0.2, 0.25) is 0 Å². The number of hydrogen-bond acceptors (Lipinski definition) is 3. The van der Waals surface area contributed by atoms with Crippen LogP contribution in [-0.2, 0) is 4.74 Å². The number of likely N-dealkylation sites (tertiary alicyclic amines) is 1. The zero-order valence-electron chi connectivity index (χ0n) is 12.5. The maximum Gasteiger partial charge on any atom is 0.0642 e. The molecule has 2 heterocycles. The van der Waals surface area contributed by atoms with Crippen molar-refractivity contribution in [1.29, 1.82) is 0 Å². The molecule has 3 aliphatic rings. The Morgan fingerprint density at radius 3 is 2.25 bits per heavy atom. The van der Waals surface area contributed by atoms with Gasteiger partial charge in [0.1, 0.15) is 0 Å². The van der Waals surface area contributed by atoms with Gasteiger partial charge in [0.05, 0.1) is 13.2 Å². The Balaban J connectivity index is 0.000000131. The van der Waals surface area contributed by atoms with Gasteiger partial charge in [0.15, 0.2) is 0 Å². The predicted octanol–water partition coefficient (Wildman–Crippen LogP) is 2.48. The van der Waals surface area contributed by atoms with Crippen molar-refractivity contribution in [3.8, 4) is 0 Å². The lowest BCUT2D eigenvalue weighted by atomic mass is 10.3. The summed E-state index contributed by atoms with van der Waals surface area (Å²) in [4.78, 5) is 4.91. The lowest BCUT2D eigenvalue weighted by Crippen LogP contribution is -2.36. The van der Waals surface area contributed by atoms with Gasteiger partial charge in [-0.15, -0.1) is 0 Å². The van der Waals surface area contributed by atoms with E-state index in [1.807, 2.05) is 6.07 Å². The van der Waals surface area contributed by atoms with Gasteiger partial charge in [-0.2, -0.15) is 0 Å². The molecular weight excluding hydrogens is 248 g/mol. The molecule has 2 aliphatic heterocycles. The van der Waals surface area contributed by atoms with Crippen LogP contribution in [0.5, 0.6) is 0 Å². The van der Waals surface area contributed by atoms with Crippen LogP contribution in [0.4, 0.5) is 5.69 Å². The largest absolute Gasteiger partial charge is 0.378 e. The van der Waals surface area contributed by atoms with Gasteiger partial charge in [0.2, 0.25) is 0 Å². The molecule has 0 bridgehead atoms. The second kappa shape index (κ2) is 6.59. The van der Waals surface area contributed by atoms with Crippen molar-refractivity contribution in [2.24, 2.45) is 11.8 Å². The molecule has 0 N–H and O–H groups in total. The zero-order valence-corrected chi connectivity index (χ0v) is 12.5. The minimum Gasteiger partial charge on any atom is -0.378 e. The second-order valence-corrected chi connectivity index (χ2v) is 6.04. The first-order valence-electron chi connectivity index (χ1n) is 7.97. The van der Waals surface area contributed by atoms with Crippen LogP contribution in [0.1, 0.15) is 13.3 Å². The number of fused-ring (bicyclic) bond motifs is 1. The number of rotatable bonds is 2. The Bertz CT molecular complexity index is 393. The van der Waals surface area contributed by atoms with Gasteiger partial charge in [-0.1, -0.05) is 25.1 Å². The van der Waals surface area contributed by atoms with Crippen LogP contribution in [0.25, 0.3) is 0 Å². The summed E-state index contributed by atoms with van der Waals surface area (Å²) in [7, 11) is 0. The van der Waals surface area contributed by atoms with E-state index in [0.717, 1.165) is 38.1 Å². The first-order valence-corrected chi connectivity index (χ1v) is 7.97. The van der Waals surface area contributed by atoms with Crippen molar-refractivity contribution in [1.82, 2.24) is 4.90 Å². The summed E-state index contributed by atoms with van der Waals surface area (Å²) in [5.74, 6) is 2.24. The third-order valence-electron chi connectivity index (χ3n) is 4.63. The summed E-state index contributed by atoms with van der Waals surface area (Å²) in [6, 6.07) is 10.5. The van der Waals surface area contributed by atoms with E-state index in [1.54, 1.807) is 0 Å². The SMILES string of the molecule is CCN1CC2CC2C1.c1ccc(N2CCOCC2)cc1. The molecule has 3 heteroatoms. The Morgan fingerprint density at radius 2 is 1.70 bits per heavy atom. The molecule has 1 aromatic rings. The first-order chi connectivity index (χ1) is 9.86. The van der Waals surface area contributed by atoms with E-state index in [4.69, 9.17) is 4.74 Å². The molecule has 110 valence electrons. The molecule has 1 aliphatic carbocycles. The third kappa shape index (κ3) is 3.53. The molecule has 1 aromatic carbocycles. The average molecular weight is 274 g/mol. The van der Waals surface area contributed by atoms with Gasteiger partial charge < -0.3 is 14.5 Å². The molecule has 4 rings (SSSR count). The van der Waals surface area contributed by atoms with E-state index in [1.165, 1.54) is 31.7 Å². The Morgan fingerprint density at radius 1 is 1.05 bits per heavy atom. The van der Waals surface area contributed by atoms with Crippen molar-refractivity contribution in [2.45, 2.75) is 13.3 Å². The zero-order chi connectivity index (χ0) is 13.8. The molecule has 3 nitrogen and oxygen atoms in total. The number of nitrogens with zero attached hydrogens (tertiary/aromatic N) is 2. The number of ether oxygens (including phenoxy) is 1. The molecular formula is C17H26N2O. The smallest absolute Gasteiger partial charge is 0.0642 e. The van der Waals surface area contributed by atoms with Gasteiger partial charge >= 0.3 is 0 Å². The summed E-state index contributed by atoms with van der Waals surface area (Å²) in [5.41, 5.74) is 1.31. The highest BCUT2D eigenvalue weighted by molar-refractivity contribution is 5.46. The number of piperidine rings is 1. The second-order valence-electron chi connectivity index (χ2n) is 6.04. The molecule has 2 unspecified atom stereocenters. The van der Waals surface area contributed by atoms with E-state index in [0.29, 0.717) is 0 Å². The van der Waals surface area contributed by atoms with E-state index in [2.05, 4.69) is 41.0 Å². The van der Waals surface area contributed by atoms with Gasteiger partial charge in [0, 0.05) is 31.9 Å². The number of hydrogen-bond donors (Lipinski definition) is 0. The molecule has 0 spiro atoms. The van der Waals surface area contributed by atoms with Crippen LogP contribution in [-0.4, -0.2) is 50.8 Å². The van der Waals surface area contributed by atoms with Crippen molar-refractivity contribution < 1.29 is 4.74 Å². The summed E-state index contributed by atoms with van der Waals surface area (Å²) in [6.45, 7) is 10.1. The quantitative estimate of drug-likeness (QED) is 0.824. The van der Waals surface area contributed by atoms with E-state index >= 15 is 0 Å². The summed E-state index contributed by atoms with van der Waals surface area (Å²) in [6.07, 6.45) is 1.54. The lowest BCUT2D eigenvalue weighted by molar-refractivity contribution is 0.122. The van der Waals surface area contributed by atoms with Crippen LogP contribution in [0, 0.1) is 11.8 Å². The molecule has 0 amide bonds. The van der Waals surface area contributed by atoms with Crippen molar-refractivity contribution >= 4 is 5.69 Å². The maximum absolute atomic E-state index is 5.28. The Hall–Kier alpha value is -1.06. The van der Waals surface area contributed by atoms with E-state index in [9.17, 15) is 0 Å². The fourth-order valence-corrected chi connectivity index (χ4v) is 3.21. The fourth-order valence-electron chi connectivity index (χ4n) is 3.21. The molecule has 0 radical (unpaired) electrons. The monoisotopic (exact) mass is 274 g/mol. The third-order valence-corrected chi connectivity index (χ3v) is 4.63. The van der Waals surface area contributed by atoms with Crippen LogP contribution in [0.3, 0.4) is 0 Å². The Kier molecular flexibility index (Phi) is 4.58. The van der Waals surface area contributed by atoms with Crippen LogP contribution in [0.15, 0.2) is 30.3 Å². The van der Waals surface area contributed by atoms with E-state index in [-0.39, 0.29) is 0 Å². The minimum atomic E-state index is 0.856.